The summed E-state index contributed by atoms with van der Waals surface area (Å²) in [5.74, 6) is -1.35. The third-order valence-corrected chi connectivity index (χ3v) is 9.86. The van der Waals surface area contributed by atoms with Crippen LogP contribution in [-0.2, 0) is 65.3 Å². The number of carbonyl (C=O) groups is 4. The first-order valence-electron chi connectivity index (χ1n) is 20.8. The van der Waals surface area contributed by atoms with E-state index in [9.17, 15) is 19.2 Å². The van der Waals surface area contributed by atoms with Crippen LogP contribution in [0.25, 0.3) is 10.9 Å². The maximum atomic E-state index is 13.8. The molecule has 0 radical (unpaired) electrons. The van der Waals surface area contributed by atoms with E-state index in [2.05, 4.69) is 4.57 Å². The standard InChI is InChI=1S/C47H67NO13/c1-44(2,3)40(49)56-28-33-36(59-41(50)45(4,5)6)37(60-42(51)46(7,8)9)38(61-43(52)47(10,11)12)39(58-33)57-32-17-15-16-30-23-26-48(35(30)32)25-22-29-18-20-31(21-19-29)55-27-24-34(53-13)54-14/h15-21,23,26,33-34,36-39H,22,24-25,27-28H2,1-14H3/t33-,36-,37+,38-,39-/m1/s1. The Morgan fingerprint density at radius 3 is 1.75 bits per heavy atom. The Balaban J connectivity index is 1.74. The molecule has 0 saturated carbocycles. The van der Waals surface area contributed by atoms with Crippen molar-refractivity contribution in [2.75, 3.05) is 27.4 Å². The number of aromatic nitrogens is 1. The number of hydrogen-bond donors (Lipinski definition) is 0. The van der Waals surface area contributed by atoms with Gasteiger partial charge in [0.2, 0.25) is 12.4 Å². The Morgan fingerprint density at radius 2 is 1.21 bits per heavy atom. The van der Waals surface area contributed by atoms with E-state index in [1.165, 1.54) is 0 Å². The van der Waals surface area contributed by atoms with E-state index < -0.39 is 82.8 Å². The summed E-state index contributed by atoms with van der Waals surface area (Å²) >= 11 is 0. The first-order chi connectivity index (χ1) is 28.3. The predicted molar refractivity (Wildman–Crippen MR) is 228 cm³/mol. The molecule has 14 heteroatoms. The molecule has 0 bridgehead atoms. The second-order valence-corrected chi connectivity index (χ2v) is 19.5. The van der Waals surface area contributed by atoms with Crippen molar-refractivity contribution in [1.82, 2.24) is 4.57 Å². The molecule has 0 aliphatic carbocycles. The van der Waals surface area contributed by atoms with Gasteiger partial charge in [-0.2, -0.15) is 0 Å². The minimum absolute atomic E-state index is 0.333. The number of hydrogen-bond acceptors (Lipinski definition) is 13. The van der Waals surface area contributed by atoms with Gasteiger partial charge in [-0.05, 0) is 119 Å². The predicted octanol–water partition coefficient (Wildman–Crippen LogP) is 7.84. The van der Waals surface area contributed by atoms with Gasteiger partial charge in [-0.1, -0.05) is 24.3 Å². The van der Waals surface area contributed by atoms with Gasteiger partial charge < -0.3 is 47.2 Å². The molecule has 4 rings (SSSR count). The van der Waals surface area contributed by atoms with Gasteiger partial charge in [0.05, 0.1) is 33.8 Å². The van der Waals surface area contributed by atoms with Gasteiger partial charge in [0.15, 0.2) is 18.5 Å². The Labute approximate surface area is 360 Å². The van der Waals surface area contributed by atoms with Crippen LogP contribution in [0, 0.1) is 21.7 Å². The fourth-order valence-corrected chi connectivity index (χ4v) is 6.02. The van der Waals surface area contributed by atoms with Crippen LogP contribution in [0.1, 0.15) is 95.1 Å². The van der Waals surface area contributed by atoms with E-state index in [0.717, 1.165) is 22.2 Å². The Hall–Kier alpha value is -4.66. The largest absolute Gasteiger partial charge is 0.493 e. The molecule has 1 aromatic heterocycles. The number of para-hydroxylation sites is 1. The van der Waals surface area contributed by atoms with Gasteiger partial charge in [-0.3, -0.25) is 19.2 Å². The van der Waals surface area contributed by atoms with Crippen molar-refractivity contribution in [3.63, 3.8) is 0 Å². The summed E-state index contributed by atoms with van der Waals surface area (Å²) in [4.78, 5) is 54.2. The van der Waals surface area contributed by atoms with Crippen LogP contribution in [0.2, 0.25) is 0 Å². The third kappa shape index (κ3) is 13.4. The Bertz CT molecular complexity index is 1940. The van der Waals surface area contributed by atoms with Crippen molar-refractivity contribution in [3.05, 3.63) is 60.3 Å². The van der Waals surface area contributed by atoms with E-state index >= 15 is 0 Å². The van der Waals surface area contributed by atoms with Crippen molar-refractivity contribution >= 4 is 34.8 Å². The van der Waals surface area contributed by atoms with Crippen molar-refractivity contribution in [2.24, 2.45) is 21.7 Å². The van der Waals surface area contributed by atoms with Crippen molar-refractivity contribution in [3.8, 4) is 11.5 Å². The molecule has 61 heavy (non-hydrogen) atoms. The average Bonchev–Trinajstić information content (AvgIpc) is 3.59. The molecule has 0 N–H and O–H groups in total. The zero-order valence-electron chi connectivity index (χ0n) is 38.5. The third-order valence-electron chi connectivity index (χ3n) is 9.86. The Kier molecular flexibility index (Phi) is 16.1. The summed E-state index contributed by atoms with van der Waals surface area (Å²) in [6.45, 7) is 20.9. The second kappa shape index (κ2) is 20.0. The molecule has 0 amide bonds. The molecule has 2 aromatic carbocycles. The molecule has 1 saturated heterocycles. The number of aryl methyl sites for hydroxylation is 2. The summed E-state index contributed by atoms with van der Waals surface area (Å²) in [5.41, 5.74) is -2.08. The van der Waals surface area contributed by atoms with Crippen LogP contribution in [-0.4, -0.2) is 92.9 Å². The lowest BCUT2D eigenvalue weighted by molar-refractivity contribution is -0.293. The summed E-state index contributed by atoms with van der Waals surface area (Å²) in [5, 5.41) is 0.870. The molecule has 2 heterocycles. The van der Waals surface area contributed by atoms with Crippen LogP contribution in [0.5, 0.6) is 11.5 Å². The average molecular weight is 854 g/mol. The Morgan fingerprint density at radius 1 is 0.672 bits per heavy atom. The number of fused-ring (bicyclic) bond motifs is 1. The van der Waals surface area contributed by atoms with Gasteiger partial charge in [0.1, 0.15) is 24.2 Å². The zero-order chi connectivity index (χ0) is 45.5. The van der Waals surface area contributed by atoms with Gasteiger partial charge in [0.25, 0.3) is 0 Å². The first kappa shape index (κ1) is 49.0. The van der Waals surface area contributed by atoms with Gasteiger partial charge in [0, 0.05) is 38.8 Å². The van der Waals surface area contributed by atoms with Crippen LogP contribution in [0.15, 0.2) is 54.7 Å². The van der Waals surface area contributed by atoms with E-state index in [-0.39, 0.29) is 6.29 Å². The van der Waals surface area contributed by atoms with E-state index in [1.54, 1.807) is 103 Å². The summed E-state index contributed by atoms with van der Waals surface area (Å²) in [7, 11) is 3.18. The molecule has 1 aliphatic rings. The van der Waals surface area contributed by atoms with Crippen molar-refractivity contribution in [2.45, 2.75) is 139 Å². The zero-order valence-corrected chi connectivity index (χ0v) is 38.5. The molecule has 5 atom stereocenters. The number of nitrogens with zero attached hydrogens (tertiary/aromatic N) is 1. The van der Waals surface area contributed by atoms with Crippen LogP contribution in [0.4, 0.5) is 0 Å². The number of carbonyl (C=O) groups excluding carboxylic acids is 4. The maximum absolute atomic E-state index is 13.8. The molecule has 3 aromatic rings. The fourth-order valence-electron chi connectivity index (χ4n) is 6.02. The molecule has 0 spiro atoms. The van der Waals surface area contributed by atoms with E-state index in [0.29, 0.717) is 31.7 Å². The van der Waals surface area contributed by atoms with Crippen LogP contribution >= 0.6 is 0 Å². The summed E-state index contributed by atoms with van der Waals surface area (Å²) in [6, 6.07) is 15.4. The highest BCUT2D eigenvalue weighted by atomic mass is 16.7. The molecular weight excluding hydrogens is 787 g/mol. The minimum Gasteiger partial charge on any atom is -0.493 e. The van der Waals surface area contributed by atoms with Crippen LogP contribution < -0.4 is 9.47 Å². The van der Waals surface area contributed by atoms with Crippen LogP contribution in [0.3, 0.4) is 0 Å². The number of esters is 4. The number of ether oxygens (including phenoxy) is 9. The maximum Gasteiger partial charge on any atom is 0.311 e. The number of rotatable bonds is 16. The van der Waals surface area contributed by atoms with Gasteiger partial charge in [-0.15, -0.1) is 0 Å². The molecule has 1 fully saturated rings. The monoisotopic (exact) mass is 853 g/mol. The van der Waals surface area contributed by atoms with Crippen molar-refractivity contribution in [1.29, 1.82) is 0 Å². The van der Waals surface area contributed by atoms with Gasteiger partial charge >= 0.3 is 23.9 Å². The highest BCUT2D eigenvalue weighted by Gasteiger charge is 2.56. The van der Waals surface area contributed by atoms with Crippen molar-refractivity contribution < 1.29 is 61.8 Å². The highest BCUT2D eigenvalue weighted by molar-refractivity contribution is 5.86. The van der Waals surface area contributed by atoms with Gasteiger partial charge in [-0.25, -0.2) is 0 Å². The number of benzene rings is 2. The fraction of sp³-hybridized carbons (Fsp3) is 0.617. The topological polar surface area (TPSA) is 156 Å². The van der Waals surface area contributed by atoms with E-state index in [4.69, 9.17) is 42.6 Å². The summed E-state index contributed by atoms with van der Waals surface area (Å²) < 4.78 is 55.9. The quantitative estimate of drug-likeness (QED) is 0.0781. The molecule has 1 aliphatic heterocycles. The lowest BCUT2D eigenvalue weighted by atomic mass is 9.93. The number of methoxy groups -OCH3 is 2. The molecule has 0 unspecified atom stereocenters. The lowest BCUT2D eigenvalue weighted by Gasteiger charge is -2.45. The SMILES string of the molecule is COC(CCOc1ccc(CCn2ccc3cccc(O[C@@H]4O[C@H](COC(=O)C(C)(C)C)[C@@H](OC(=O)C(C)(C)C)[C@H](OC(=O)C(C)(C)C)[C@H]4OC(=O)C(C)(C)C)c32)cc1)OC. The lowest BCUT2D eigenvalue weighted by Crippen LogP contribution is -2.64. The normalized spacial score (nSPS) is 20.0. The van der Waals surface area contributed by atoms with E-state index in [1.807, 2.05) is 48.7 Å². The first-order valence-corrected chi connectivity index (χ1v) is 20.8. The highest BCUT2D eigenvalue weighted by Crippen LogP contribution is 2.37. The smallest absolute Gasteiger partial charge is 0.311 e. The minimum atomic E-state index is -1.44. The molecule has 14 nitrogen and oxygen atoms in total. The molecular formula is C47H67NO13. The summed E-state index contributed by atoms with van der Waals surface area (Å²) in [6.07, 6.45) is -4.04. The second-order valence-electron chi connectivity index (χ2n) is 19.5. The molecule has 338 valence electrons.